The van der Waals surface area contributed by atoms with E-state index < -0.39 is 5.63 Å². The van der Waals surface area contributed by atoms with Crippen molar-refractivity contribution in [3.05, 3.63) is 40.4 Å². The van der Waals surface area contributed by atoms with Crippen LogP contribution < -0.4 is 19.8 Å². The molecule has 1 amide bonds. The molecular weight excluding hydrogens is 402 g/mol. The molecule has 4 heterocycles. The lowest BCUT2D eigenvalue weighted by Gasteiger charge is -2.43. The lowest BCUT2D eigenvalue weighted by Crippen LogP contribution is -2.57. The number of carbonyl (C=O) groups is 1. The fourth-order valence-corrected chi connectivity index (χ4v) is 4.67. The van der Waals surface area contributed by atoms with E-state index in [9.17, 15) is 9.59 Å². The second kappa shape index (κ2) is 8.72. The Bertz CT molecular complexity index is 981. The van der Waals surface area contributed by atoms with Gasteiger partial charge < -0.3 is 14.4 Å². The Labute approximate surface area is 179 Å². The normalized spacial score (nSPS) is 22.1. The number of H-pyrrole nitrogens is 1. The Morgan fingerprint density at radius 2 is 1.97 bits per heavy atom. The molecule has 1 atom stereocenters. The highest BCUT2D eigenvalue weighted by atomic mass is 16.7. The topological polar surface area (TPSA) is 95.1 Å². The second-order valence-electron chi connectivity index (χ2n) is 8.40. The van der Waals surface area contributed by atoms with E-state index in [0.717, 1.165) is 70.2 Å². The maximum atomic E-state index is 12.6. The third-order valence-corrected chi connectivity index (χ3v) is 6.35. The lowest BCUT2D eigenvalue weighted by molar-refractivity contribution is -0.751. The summed E-state index contributed by atoms with van der Waals surface area (Å²) in [6, 6.07) is 6.55. The maximum Gasteiger partial charge on any atom is 0.426 e. The van der Waals surface area contributed by atoms with E-state index in [1.165, 1.54) is 16.4 Å². The molecular formula is C21H28N5O5+. The molecule has 166 valence electrons. The van der Waals surface area contributed by atoms with Gasteiger partial charge in [0, 0.05) is 51.9 Å². The summed E-state index contributed by atoms with van der Waals surface area (Å²) in [6.45, 7) is 6.82. The first-order chi connectivity index (χ1) is 15.1. The zero-order chi connectivity index (χ0) is 21.2. The molecule has 0 saturated carbocycles. The van der Waals surface area contributed by atoms with Crippen molar-refractivity contribution in [1.82, 2.24) is 20.0 Å². The van der Waals surface area contributed by atoms with E-state index in [4.69, 9.17) is 9.47 Å². The predicted octanol–water partition coefficient (Wildman–Crippen LogP) is -0.207. The van der Waals surface area contributed by atoms with E-state index in [2.05, 4.69) is 31.7 Å². The quantitative estimate of drug-likeness (QED) is 0.656. The van der Waals surface area contributed by atoms with Crippen LogP contribution in [0, 0.1) is 0 Å². The molecule has 0 aliphatic carbocycles. The minimum Gasteiger partial charge on any atom is -0.454 e. The number of piperazine rings is 1. The van der Waals surface area contributed by atoms with Crippen molar-refractivity contribution in [3.63, 3.8) is 0 Å². The van der Waals surface area contributed by atoms with Gasteiger partial charge in [-0.3, -0.25) is 19.1 Å². The van der Waals surface area contributed by atoms with Gasteiger partial charge >= 0.3 is 5.63 Å². The molecule has 0 bridgehead atoms. The summed E-state index contributed by atoms with van der Waals surface area (Å²) in [6.07, 6.45) is 3.38. The predicted molar refractivity (Wildman–Crippen MR) is 109 cm³/mol. The van der Waals surface area contributed by atoms with Gasteiger partial charge in [-0.05, 0) is 35.8 Å². The van der Waals surface area contributed by atoms with E-state index in [-0.39, 0.29) is 12.5 Å². The van der Waals surface area contributed by atoms with E-state index in [1.54, 1.807) is 0 Å². The standard InChI is InChI=1S/C21H27N5O5/c27-20(13-26-14-21(28)31-22-26)25-5-1-2-17(12-25)24-8-6-23(7-9-24)11-16-3-4-18-19(10-16)30-15-29-18/h3-4,10,14,17H,1-2,5-9,11-13,15H2/p+1/t17-/m0/s1. The number of ether oxygens (including phenoxy) is 2. The molecule has 0 spiro atoms. The van der Waals surface area contributed by atoms with Gasteiger partial charge in [0.2, 0.25) is 6.79 Å². The molecule has 31 heavy (non-hydrogen) atoms. The van der Waals surface area contributed by atoms with Crippen LogP contribution in [-0.2, 0) is 17.9 Å². The molecule has 10 heteroatoms. The highest BCUT2D eigenvalue weighted by molar-refractivity contribution is 5.74. The summed E-state index contributed by atoms with van der Waals surface area (Å²) in [4.78, 5) is 30.7. The fraction of sp³-hybridized carbons (Fsp3) is 0.571. The van der Waals surface area contributed by atoms with Crippen LogP contribution in [0.3, 0.4) is 0 Å². The van der Waals surface area contributed by atoms with Gasteiger partial charge in [0.1, 0.15) is 0 Å². The third-order valence-electron chi connectivity index (χ3n) is 6.35. The minimum absolute atomic E-state index is 0.00759. The number of hydrogen-bond acceptors (Lipinski definition) is 7. The molecule has 2 aromatic rings. The van der Waals surface area contributed by atoms with Crippen LogP contribution in [0.1, 0.15) is 18.4 Å². The summed E-state index contributed by atoms with van der Waals surface area (Å²) >= 11 is 0. The average molecular weight is 430 g/mol. The van der Waals surface area contributed by atoms with Gasteiger partial charge in [-0.1, -0.05) is 10.7 Å². The summed E-state index contributed by atoms with van der Waals surface area (Å²) in [5.41, 5.74) is 0.755. The maximum absolute atomic E-state index is 12.6. The first-order valence-corrected chi connectivity index (χ1v) is 10.8. The average Bonchev–Trinajstić information content (AvgIpc) is 3.42. The summed E-state index contributed by atoms with van der Waals surface area (Å²) in [7, 11) is 0. The van der Waals surface area contributed by atoms with E-state index in [1.807, 2.05) is 11.0 Å². The van der Waals surface area contributed by atoms with Crippen LogP contribution in [0.4, 0.5) is 0 Å². The molecule has 5 rings (SSSR count). The van der Waals surface area contributed by atoms with Crippen molar-refractivity contribution >= 4 is 5.91 Å². The van der Waals surface area contributed by atoms with Crippen molar-refractivity contribution in [2.24, 2.45) is 0 Å². The smallest absolute Gasteiger partial charge is 0.426 e. The highest BCUT2D eigenvalue weighted by Crippen LogP contribution is 2.33. The van der Waals surface area contributed by atoms with Crippen LogP contribution >= 0.6 is 0 Å². The Morgan fingerprint density at radius 3 is 2.77 bits per heavy atom. The first-order valence-electron chi connectivity index (χ1n) is 10.8. The van der Waals surface area contributed by atoms with Gasteiger partial charge in [-0.2, -0.15) is 0 Å². The molecule has 3 aliphatic heterocycles. The molecule has 3 aliphatic rings. The molecule has 0 radical (unpaired) electrons. The minimum atomic E-state index is -0.483. The van der Waals surface area contributed by atoms with Gasteiger partial charge in [0.15, 0.2) is 11.5 Å². The number of piperidine rings is 1. The van der Waals surface area contributed by atoms with Crippen molar-refractivity contribution in [3.8, 4) is 11.5 Å². The van der Waals surface area contributed by atoms with Gasteiger partial charge in [0.25, 0.3) is 18.6 Å². The zero-order valence-corrected chi connectivity index (χ0v) is 17.5. The summed E-state index contributed by atoms with van der Waals surface area (Å²) in [5.74, 6) is 1.66. The van der Waals surface area contributed by atoms with E-state index >= 15 is 0 Å². The number of likely N-dealkylation sites (tertiary alicyclic amines) is 1. The number of aromatic nitrogens is 2. The Hall–Kier alpha value is -2.85. The molecule has 1 N–H and O–H groups in total. The number of rotatable bonds is 5. The van der Waals surface area contributed by atoms with Gasteiger partial charge in [0.05, 0.1) is 0 Å². The van der Waals surface area contributed by atoms with Crippen LogP contribution in [0.15, 0.2) is 33.7 Å². The molecule has 2 saturated heterocycles. The third kappa shape index (κ3) is 4.59. The molecule has 2 fully saturated rings. The monoisotopic (exact) mass is 430 g/mol. The largest absolute Gasteiger partial charge is 0.454 e. The zero-order valence-electron chi connectivity index (χ0n) is 17.5. The van der Waals surface area contributed by atoms with Crippen LogP contribution in [-0.4, -0.2) is 78.0 Å². The highest BCUT2D eigenvalue weighted by Gasteiger charge is 2.31. The second-order valence-corrected chi connectivity index (χ2v) is 8.40. The number of nitrogens with one attached hydrogen (secondary N) is 1. The number of amides is 1. The van der Waals surface area contributed by atoms with Crippen molar-refractivity contribution in [1.29, 1.82) is 0 Å². The molecule has 1 aromatic carbocycles. The Kier molecular flexibility index (Phi) is 5.65. The van der Waals surface area contributed by atoms with E-state index in [0.29, 0.717) is 12.8 Å². The van der Waals surface area contributed by atoms with Crippen molar-refractivity contribution < 1.29 is 23.5 Å². The Balaban J connectivity index is 1.11. The SMILES string of the molecule is O=C(C[n+]1cc(=O)o[nH]1)N1CCC[C@H](N2CCN(Cc3ccc4c(c3)OCO4)CC2)C1. The lowest BCUT2D eigenvalue weighted by atomic mass is 10.0. The first kappa shape index (κ1) is 20.1. The molecule has 1 aromatic heterocycles. The fourth-order valence-electron chi connectivity index (χ4n) is 4.67. The summed E-state index contributed by atoms with van der Waals surface area (Å²) < 4.78 is 16.9. The van der Waals surface area contributed by atoms with Gasteiger partial charge in [-0.25, -0.2) is 4.79 Å². The molecule has 0 unspecified atom stereocenters. The molecule has 10 nitrogen and oxygen atoms in total. The van der Waals surface area contributed by atoms with Crippen molar-refractivity contribution in [2.45, 2.75) is 32.0 Å². The summed E-state index contributed by atoms with van der Waals surface area (Å²) in [5, 5.41) is 2.44. The number of aromatic amines is 1. The number of fused-ring (bicyclic) bond motifs is 1. The van der Waals surface area contributed by atoms with Crippen LogP contribution in [0.2, 0.25) is 0 Å². The number of benzene rings is 1. The Morgan fingerprint density at radius 1 is 1.13 bits per heavy atom. The number of hydrogen-bond donors (Lipinski definition) is 1. The van der Waals surface area contributed by atoms with Crippen molar-refractivity contribution in [2.75, 3.05) is 46.1 Å². The number of carbonyl (C=O) groups excluding carboxylic acids is 1. The van der Waals surface area contributed by atoms with Gasteiger partial charge in [-0.15, -0.1) is 0 Å². The van der Waals surface area contributed by atoms with Crippen LogP contribution in [0.25, 0.3) is 0 Å². The van der Waals surface area contributed by atoms with Crippen LogP contribution in [0.5, 0.6) is 11.5 Å². The number of nitrogens with zero attached hydrogens (tertiary/aromatic N) is 4.